The maximum Gasteiger partial charge on any atom is 0.165 e. The fourth-order valence-electron chi connectivity index (χ4n) is 5.01. The molecule has 1 saturated heterocycles. The lowest BCUT2D eigenvalue weighted by Crippen LogP contribution is -2.31. The molecule has 3 aromatic rings. The molecule has 0 aliphatic carbocycles. The number of benzene rings is 3. The van der Waals surface area contributed by atoms with Crippen molar-refractivity contribution in [2.24, 2.45) is 0 Å². The van der Waals surface area contributed by atoms with Gasteiger partial charge in [-0.2, -0.15) is 0 Å². The van der Waals surface area contributed by atoms with Crippen LogP contribution in [0.25, 0.3) is 0 Å². The van der Waals surface area contributed by atoms with E-state index in [4.69, 9.17) is 9.47 Å². The molecular weight excluding hydrogens is 449 g/mol. The third-order valence-corrected chi connectivity index (χ3v) is 9.47. The third kappa shape index (κ3) is 6.26. The molecule has 1 heterocycles. The van der Waals surface area contributed by atoms with Crippen LogP contribution in [0.3, 0.4) is 0 Å². The average Bonchev–Trinajstić information content (AvgIpc) is 2.90. The van der Waals surface area contributed by atoms with E-state index in [9.17, 15) is 0 Å². The molecule has 0 N–H and O–H groups in total. The number of piperidine rings is 1. The maximum atomic E-state index is 6.48. The predicted octanol–water partition coefficient (Wildman–Crippen LogP) is 7.20. The fourth-order valence-corrected chi connectivity index (χ4v) is 6.67. The van der Waals surface area contributed by atoms with Crippen molar-refractivity contribution in [1.29, 1.82) is 0 Å². The van der Waals surface area contributed by atoms with Crippen molar-refractivity contribution in [3.05, 3.63) is 89.0 Å². The van der Waals surface area contributed by atoms with Crippen LogP contribution in [0, 0.1) is 6.92 Å². The summed E-state index contributed by atoms with van der Waals surface area (Å²) in [4.78, 5) is 2.63. The quantitative estimate of drug-likeness (QED) is 0.281. The zero-order valence-electron chi connectivity index (χ0n) is 21.8. The van der Waals surface area contributed by atoms with Crippen molar-refractivity contribution in [3.8, 4) is 11.5 Å². The second kappa shape index (κ2) is 12.1. The van der Waals surface area contributed by atoms with E-state index in [0.29, 0.717) is 15.2 Å². The Balaban J connectivity index is 1.66. The summed E-state index contributed by atoms with van der Waals surface area (Å²) >= 11 is 0. The highest BCUT2D eigenvalue weighted by Crippen LogP contribution is 2.50. The SMILES string of the molecule is CCC(C)(Pc1c(C)cccc1CN1CCCCC1)c1cccc(OC)c1OCc1ccccc1. The minimum Gasteiger partial charge on any atom is -0.493 e. The standard InChI is InChI=1S/C31H40NO2P/c1-5-31(3,35-30-24(2)14-12-17-26(30)22-32-20-10-7-11-21-32)27-18-13-19-28(33-4)29(27)34-23-25-15-8-6-9-16-25/h6,8-9,12-19,35H,5,7,10-11,20-23H2,1-4H3. The number of nitrogens with zero attached hydrogens (tertiary/aromatic N) is 1. The van der Waals surface area contributed by atoms with Gasteiger partial charge in [0, 0.05) is 17.3 Å². The van der Waals surface area contributed by atoms with E-state index in [1.807, 2.05) is 12.1 Å². The zero-order chi connectivity index (χ0) is 24.7. The molecule has 0 bridgehead atoms. The van der Waals surface area contributed by atoms with E-state index in [2.05, 4.69) is 80.3 Å². The van der Waals surface area contributed by atoms with Gasteiger partial charge in [-0.25, -0.2) is 0 Å². The first-order valence-corrected chi connectivity index (χ1v) is 14.0. The summed E-state index contributed by atoms with van der Waals surface area (Å²) in [6, 6.07) is 23.6. The molecular formula is C31H40NO2P. The second-order valence-electron chi connectivity index (χ2n) is 9.87. The summed E-state index contributed by atoms with van der Waals surface area (Å²) in [6.45, 7) is 11.0. The Bertz CT molecular complexity index is 1090. The molecule has 4 heteroatoms. The van der Waals surface area contributed by atoms with Crippen molar-refractivity contribution < 1.29 is 9.47 Å². The predicted molar refractivity (Wildman–Crippen MR) is 150 cm³/mol. The Morgan fingerprint density at radius 1 is 0.914 bits per heavy atom. The number of rotatable bonds is 10. The average molecular weight is 490 g/mol. The molecule has 186 valence electrons. The summed E-state index contributed by atoms with van der Waals surface area (Å²) in [5.41, 5.74) is 5.28. The van der Waals surface area contributed by atoms with Crippen molar-refractivity contribution in [3.63, 3.8) is 0 Å². The Labute approximate surface area is 213 Å². The van der Waals surface area contributed by atoms with Crippen LogP contribution in [0.4, 0.5) is 0 Å². The van der Waals surface area contributed by atoms with E-state index in [1.165, 1.54) is 54.3 Å². The summed E-state index contributed by atoms with van der Waals surface area (Å²) < 4.78 is 12.3. The van der Waals surface area contributed by atoms with Crippen LogP contribution >= 0.6 is 8.58 Å². The van der Waals surface area contributed by atoms with Gasteiger partial charge in [-0.05, 0) is 67.3 Å². The zero-order valence-corrected chi connectivity index (χ0v) is 22.8. The van der Waals surface area contributed by atoms with Crippen LogP contribution < -0.4 is 14.8 Å². The highest BCUT2D eigenvalue weighted by molar-refractivity contribution is 7.48. The number of methoxy groups -OCH3 is 1. The lowest BCUT2D eigenvalue weighted by atomic mass is 9.96. The minimum atomic E-state index is -0.0523. The topological polar surface area (TPSA) is 21.7 Å². The van der Waals surface area contributed by atoms with Gasteiger partial charge in [-0.1, -0.05) is 89.5 Å². The van der Waals surface area contributed by atoms with Gasteiger partial charge < -0.3 is 9.47 Å². The highest BCUT2D eigenvalue weighted by Gasteiger charge is 2.32. The van der Waals surface area contributed by atoms with Crippen LogP contribution in [-0.2, 0) is 18.3 Å². The van der Waals surface area contributed by atoms with Crippen LogP contribution in [0.1, 0.15) is 61.8 Å². The van der Waals surface area contributed by atoms with Gasteiger partial charge in [0.2, 0.25) is 0 Å². The summed E-state index contributed by atoms with van der Waals surface area (Å²) in [5.74, 6) is 1.68. The van der Waals surface area contributed by atoms with Crippen molar-refractivity contribution in [2.75, 3.05) is 20.2 Å². The minimum absolute atomic E-state index is 0.0523. The number of para-hydroxylation sites is 1. The molecule has 0 aromatic heterocycles. The molecule has 0 amide bonds. The number of likely N-dealkylation sites (tertiary alicyclic amines) is 1. The normalized spacial score (nSPS) is 16.3. The van der Waals surface area contributed by atoms with Crippen molar-refractivity contribution in [2.45, 2.75) is 64.8 Å². The first kappa shape index (κ1) is 25.7. The molecule has 0 spiro atoms. The summed E-state index contributed by atoms with van der Waals surface area (Å²) in [7, 11) is 2.38. The van der Waals surface area contributed by atoms with Crippen LogP contribution in [0.2, 0.25) is 0 Å². The van der Waals surface area contributed by atoms with Crippen molar-refractivity contribution in [1.82, 2.24) is 4.90 Å². The first-order chi connectivity index (χ1) is 17.0. The molecule has 3 aromatic carbocycles. The lowest BCUT2D eigenvalue weighted by Gasteiger charge is -2.34. The number of aryl methyl sites for hydroxylation is 1. The van der Waals surface area contributed by atoms with Crippen LogP contribution in [-0.4, -0.2) is 25.1 Å². The number of hydrogen-bond acceptors (Lipinski definition) is 3. The van der Waals surface area contributed by atoms with Gasteiger partial charge in [0.1, 0.15) is 6.61 Å². The second-order valence-corrected chi connectivity index (χ2v) is 11.7. The summed E-state index contributed by atoms with van der Waals surface area (Å²) in [5, 5.41) is 1.46. The van der Waals surface area contributed by atoms with Crippen molar-refractivity contribution >= 4 is 13.9 Å². The lowest BCUT2D eigenvalue weighted by molar-refractivity contribution is 0.221. The van der Waals surface area contributed by atoms with Crippen LogP contribution in [0.5, 0.6) is 11.5 Å². The van der Waals surface area contributed by atoms with Gasteiger partial charge in [0.25, 0.3) is 0 Å². The molecule has 1 fully saturated rings. The molecule has 4 rings (SSSR count). The molecule has 2 unspecified atom stereocenters. The molecule has 35 heavy (non-hydrogen) atoms. The Hall–Kier alpha value is -2.35. The Morgan fingerprint density at radius 2 is 1.66 bits per heavy atom. The van der Waals surface area contributed by atoms with Gasteiger partial charge >= 0.3 is 0 Å². The monoisotopic (exact) mass is 489 g/mol. The maximum absolute atomic E-state index is 6.48. The molecule has 0 radical (unpaired) electrons. The van der Waals surface area contributed by atoms with E-state index < -0.39 is 0 Å². The molecule has 2 atom stereocenters. The summed E-state index contributed by atoms with van der Waals surface area (Å²) in [6.07, 6.45) is 5.04. The van der Waals surface area contributed by atoms with Gasteiger partial charge in [-0.15, -0.1) is 0 Å². The number of hydrogen-bond donors (Lipinski definition) is 0. The molecule has 0 saturated carbocycles. The Morgan fingerprint density at radius 3 is 2.37 bits per heavy atom. The fraction of sp³-hybridized carbons (Fsp3) is 0.419. The van der Waals surface area contributed by atoms with E-state index >= 15 is 0 Å². The van der Waals surface area contributed by atoms with E-state index in [1.54, 1.807) is 7.11 Å². The van der Waals surface area contributed by atoms with E-state index in [-0.39, 0.29) is 5.16 Å². The largest absolute Gasteiger partial charge is 0.493 e. The molecule has 1 aliphatic rings. The molecule has 1 aliphatic heterocycles. The smallest absolute Gasteiger partial charge is 0.165 e. The Kier molecular flexibility index (Phi) is 8.87. The first-order valence-electron chi connectivity index (χ1n) is 13.0. The van der Waals surface area contributed by atoms with Gasteiger partial charge in [0.05, 0.1) is 7.11 Å². The number of ether oxygens (including phenoxy) is 2. The molecule has 3 nitrogen and oxygen atoms in total. The van der Waals surface area contributed by atoms with Crippen LogP contribution in [0.15, 0.2) is 66.7 Å². The van der Waals surface area contributed by atoms with E-state index in [0.717, 1.165) is 30.0 Å². The van der Waals surface area contributed by atoms with Gasteiger partial charge in [-0.3, -0.25) is 4.90 Å². The highest BCUT2D eigenvalue weighted by atomic mass is 31.1. The van der Waals surface area contributed by atoms with Gasteiger partial charge in [0.15, 0.2) is 11.5 Å². The third-order valence-electron chi connectivity index (χ3n) is 7.33.